The quantitative estimate of drug-likeness (QED) is 0.867. The summed E-state index contributed by atoms with van der Waals surface area (Å²) in [5, 5.41) is -0.272. The first kappa shape index (κ1) is 15.5. The fourth-order valence-electron chi connectivity index (χ4n) is 2.71. The van der Waals surface area contributed by atoms with Gasteiger partial charge in [-0.05, 0) is 25.0 Å². The third-order valence-corrected chi connectivity index (χ3v) is 5.95. The molecule has 0 atom stereocenters. The topological polar surface area (TPSA) is 63.4 Å². The third-order valence-electron chi connectivity index (χ3n) is 3.65. The number of sulfonamides is 1. The molecule has 0 spiro atoms. The largest absolute Gasteiger partial charge is 0.399 e. The molecular formula is C13H18ClFN2O2S. The maximum atomic E-state index is 14.1. The van der Waals surface area contributed by atoms with Gasteiger partial charge in [0.1, 0.15) is 4.90 Å². The van der Waals surface area contributed by atoms with E-state index in [1.165, 1.54) is 10.4 Å². The van der Waals surface area contributed by atoms with E-state index in [9.17, 15) is 12.8 Å². The van der Waals surface area contributed by atoms with Crippen LogP contribution in [0.1, 0.15) is 32.6 Å². The lowest BCUT2D eigenvalue weighted by Gasteiger charge is -2.27. The van der Waals surface area contributed by atoms with E-state index in [4.69, 9.17) is 17.3 Å². The van der Waals surface area contributed by atoms with Gasteiger partial charge in [0, 0.05) is 18.3 Å². The highest BCUT2D eigenvalue weighted by atomic mass is 35.5. The standard InChI is InChI=1S/C13H18ClFN2O2S/c1-2-17(10-5-3-4-6-10)20(18,19)12-8-9(16)7-11(14)13(12)15/h7-8,10H,2-6,16H2,1H3. The molecule has 112 valence electrons. The summed E-state index contributed by atoms with van der Waals surface area (Å²) in [6.07, 6.45) is 3.61. The molecule has 0 aromatic heterocycles. The SMILES string of the molecule is CCN(C1CCCC1)S(=O)(=O)c1cc(N)cc(Cl)c1F. The Bertz CT molecular complexity index is 601. The molecule has 1 aliphatic carbocycles. The zero-order valence-electron chi connectivity index (χ0n) is 11.3. The Labute approximate surface area is 123 Å². The van der Waals surface area contributed by atoms with E-state index in [2.05, 4.69) is 0 Å². The van der Waals surface area contributed by atoms with Gasteiger partial charge in [0.15, 0.2) is 5.82 Å². The molecule has 0 bridgehead atoms. The van der Waals surface area contributed by atoms with Gasteiger partial charge in [0.05, 0.1) is 5.02 Å². The molecule has 1 aromatic rings. The molecule has 0 amide bonds. The van der Waals surface area contributed by atoms with Crippen molar-refractivity contribution in [3.05, 3.63) is 23.0 Å². The Morgan fingerprint density at radius 3 is 2.55 bits per heavy atom. The minimum absolute atomic E-state index is 0.0652. The van der Waals surface area contributed by atoms with Crippen molar-refractivity contribution in [2.75, 3.05) is 12.3 Å². The van der Waals surface area contributed by atoms with E-state index in [-0.39, 0.29) is 16.8 Å². The Morgan fingerprint density at radius 2 is 2.00 bits per heavy atom. The molecule has 4 nitrogen and oxygen atoms in total. The van der Waals surface area contributed by atoms with Gasteiger partial charge < -0.3 is 5.73 Å². The van der Waals surface area contributed by atoms with Gasteiger partial charge in [-0.3, -0.25) is 0 Å². The van der Waals surface area contributed by atoms with Crippen LogP contribution in [0.2, 0.25) is 5.02 Å². The highest BCUT2D eigenvalue weighted by Gasteiger charge is 2.34. The molecule has 20 heavy (non-hydrogen) atoms. The molecular weight excluding hydrogens is 303 g/mol. The average molecular weight is 321 g/mol. The van der Waals surface area contributed by atoms with Crippen molar-refractivity contribution in [2.45, 2.75) is 43.5 Å². The first-order chi connectivity index (χ1) is 9.37. The molecule has 0 heterocycles. The van der Waals surface area contributed by atoms with Crippen molar-refractivity contribution >= 4 is 27.3 Å². The van der Waals surface area contributed by atoms with Crippen LogP contribution in [-0.4, -0.2) is 25.3 Å². The number of hydrogen-bond donors (Lipinski definition) is 1. The number of rotatable bonds is 4. The second-order valence-corrected chi connectivity index (χ2v) is 7.23. The fourth-order valence-corrected chi connectivity index (χ4v) is 4.82. The van der Waals surface area contributed by atoms with Crippen LogP contribution >= 0.6 is 11.6 Å². The first-order valence-corrected chi connectivity index (χ1v) is 8.46. The summed E-state index contributed by atoms with van der Waals surface area (Å²) in [6.45, 7) is 2.06. The molecule has 1 aromatic carbocycles. The lowest BCUT2D eigenvalue weighted by molar-refractivity contribution is 0.334. The van der Waals surface area contributed by atoms with E-state index >= 15 is 0 Å². The van der Waals surface area contributed by atoms with Crippen LogP contribution < -0.4 is 5.73 Å². The maximum absolute atomic E-state index is 14.1. The molecule has 0 aliphatic heterocycles. The van der Waals surface area contributed by atoms with Crippen molar-refractivity contribution in [3.8, 4) is 0 Å². The van der Waals surface area contributed by atoms with Gasteiger partial charge in [0.25, 0.3) is 0 Å². The first-order valence-electron chi connectivity index (χ1n) is 6.64. The van der Waals surface area contributed by atoms with E-state index < -0.39 is 20.7 Å². The van der Waals surface area contributed by atoms with Gasteiger partial charge in [-0.1, -0.05) is 31.4 Å². The van der Waals surface area contributed by atoms with Crippen LogP contribution in [0.5, 0.6) is 0 Å². The Morgan fingerprint density at radius 1 is 1.40 bits per heavy atom. The summed E-state index contributed by atoms with van der Waals surface area (Å²) in [4.78, 5) is -0.434. The molecule has 0 saturated heterocycles. The van der Waals surface area contributed by atoms with Crippen LogP contribution in [0.3, 0.4) is 0 Å². The van der Waals surface area contributed by atoms with Gasteiger partial charge in [-0.25, -0.2) is 12.8 Å². The Hall–Kier alpha value is -0.850. The normalized spacial score (nSPS) is 17.0. The zero-order valence-corrected chi connectivity index (χ0v) is 12.8. The molecule has 2 N–H and O–H groups in total. The number of nitrogens with zero attached hydrogens (tertiary/aromatic N) is 1. The van der Waals surface area contributed by atoms with Crippen LogP contribution in [0.25, 0.3) is 0 Å². The van der Waals surface area contributed by atoms with Crippen molar-refractivity contribution in [3.63, 3.8) is 0 Å². The van der Waals surface area contributed by atoms with E-state index in [1.54, 1.807) is 6.92 Å². The lowest BCUT2D eigenvalue weighted by atomic mass is 10.2. The monoisotopic (exact) mass is 320 g/mol. The predicted molar refractivity (Wildman–Crippen MR) is 77.6 cm³/mol. The molecule has 0 unspecified atom stereocenters. The molecule has 1 aliphatic rings. The van der Waals surface area contributed by atoms with Gasteiger partial charge in [-0.15, -0.1) is 0 Å². The number of benzene rings is 1. The van der Waals surface area contributed by atoms with E-state index in [0.29, 0.717) is 6.54 Å². The average Bonchev–Trinajstić information content (AvgIpc) is 2.87. The van der Waals surface area contributed by atoms with Gasteiger partial charge in [0.2, 0.25) is 10.0 Å². The van der Waals surface area contributed by atoms with Gasteiger partial charge in [-0.2, -0.15) is 4.31 Å². The zero-order chi connectivity index (χ0) is 14.9. The van der Waals surface area contributed by atoms with Crippen LogP contribution in [0.4, 0.5) is 10.1 Å². The molecule has 1 fully saturated rings. The molecule has 2 rings (SSSR count). The molecule has 0 radical (unpaired) electrons. The second kappa shape index (κ2) is 5.87. The fraction of sp³-hybridized carbons (Fsp3) is 0.538. The summed E-state index contributed by atoms with van der Waals surface area (Å²) in [6, 6.07) is 2.28. The number of halogens is 2. The second-order valence-electron chi connectivity index (χ2n) is 4.96. The van der Waals surface area contributed by atoms with Crippen molar-refractivity contribution in [1.82, 2.24) is 4.31 Å². The Kier molecular flexibility index (Phi) is 4.56. The van der Waals surface area contributed by atoms with Crippen molar-refractivity contribution in [2.24, 2.45) is 0 Å². The van der Waals surface area contributed by atoms with Crippen molar-refractivity contribution in [1.29, 1.82) is 0 Å². The number of hydrogen-bond acceptors (Lipinski definition) is 3. The summed E-state index contributed by atoms with van der Waals surface area (Å²) < 4.78 is 40.7. The highest BCUT2D eigenvalue weighted by molar-refractivity contribution is 7.89. The summed E-state index contributed by atoms with van der Waals surface area (Å²) in [7, 11) is -3.92. The van der Waals surface area contributed by atoms with E-state index in [1.807, 2.05) is 0 Å². The highest BCUT2D eigenvalue weighted by Crippen LogP contribution is 2.32. The summed E-state index contributed by atoms with van der Waals surface area (Å²) in [5.41, 5.74) is 5.72. The number of nitrogens with two attached hydrogens (primary N) is 1. The van der Waals surface area contributed by atoms with Crippen LogP contribution in [0, 0.1) is 5.82 Å². The molecule has 7 heteroatoms. The minimum atomic E-state index is -3.92. The van der Waals surface area contributed by atoms with Crippen molar-refractivity contribution < 1.29 is 12.8 Å². The summed E-state index contributed by atoms with van der Waals surface area (Å²) >= 11 is 5.69. The summed E-state index contributed by atoms with van der Waals surface area (Å²) in [5.74, 6) is -0.933. The molecule has 1 saturated carbocycles. The predicted octanol–water partition coefficient (Wildman–Crippen LogP) is 3.01. The number of anilines is 1. The van der Waals surface area contributed by atoms with Crippen LogP contribution in [-0.2, 0) is 10.0 Å². The minimum Gasteiger partial charge on any atom is -0.399 e. The maximum Gasteiger partial charge on any atom is 0.246 e. The Balaban J connectivity index is 2.48. The van der Waals surface area contributed by atoms with Crippen LogP contribution in [0.15, 0.2) is 17.0 Å². The van der Waals surface area contributed by atoms with E-state index in [0.717, 1.165) is 31.7 Å². The smallest absolute Gasteiger partial charge is 0.246 e. The lowest BCUT2D eigenvalue weighted by Crippen LogP contribution is -2.39. The third kappa shape index (κ3) is 2.77. The number of nitrogen functional groups attached to an aromatic ring is 1. The van der Waals surface area contributed by atoms with Gasteiger partial charge >= 0.3 is 0 Å².